The summed E-state index contributed by atoms with van der Waals surface area (Å²) in [6.07, 6.45) is 0.795. The van der Waals surface area contributed by atoms with Gasteiger partial charge in [0.05, 0.1) is 17.7 Å². The molecule has 0 aromatic heterocycles. The van der Waals surface area contributed by atoms with E-state index in [0.717, 1.165) is 12.0 Å². The van der Waals surface area contributed by atoms with Crippen molar-refractivity contribution in [2.75, 3.05) is 7.11 Å². The summed E-state index contributed by atoms with van der Waals surface area (Å²) >= 11 is 0. The van der Waals surface area contributed by atoms with E-state index in [1.54, 1.807) is 13.0 Å². The van der Waals surface area contributed by atoms with Crippen LogP contribution in [0.15, 0.2) is 47.6 Å². The minimum Gasteiger partial charge on any atom is -0.490 e. The van der Waals surface area contributed by atoms with Gasteiger partial charge in [-0.25, -0.2) is 5.43 Å². The summed E-state index contributed by atoms with van der Waals surface area (Å²) in [6, 6.07) is 13.0. The highest BCUT2D eigenvalue weighted by Gasteiger charge is 2.44. The quantitative estimate of drug-likeness (QED) is 0.430. The van der Waals surface area contributed by atoms with Gasteiger partial charge in [-0.2, -0.15) is 5.10 Å². The lowest BCUT2D eigenvalue weighted by Crippen LogP contribution is -2.21. The molecule has 7 nitrogen and oxygen atoms in total. The molecule has 1 aliphatic carbocycles. The fourth-order valence-corrected chi connectivity index (χ4v) is 3.43. The van der Waals surface area contributed by atoms with Crippen molar-refractivity contribution in [1.29, 1.82) is 0 Å². The van der Waals surface area contributed by atoms with Crippen LogP contribution < -0.4 is 10.2 Å². The Balaban J connectivity index is 1.64. The van der Waals surface area contributed by atoms with Crippen molar-refractivity contribution >= 4 is 17.3 Å². The SMILES string of the molecule is COc1ccc(/C(C)=N/NC(=O)[C@H]2C[C@@H]2c2ccc(C(C)(C)C)cc2)cc1[N+](=O)[O-]. The number of ether oxygens (including phenoxy) is 1. The highest BCUT2D eigenvalue weighted by Crippen LogP contribution is 2.47. The summed E-state index contributed by atoms with van der Waals surface area (Å²) in [5.41, 5.74) is 6.02. The van der Waals surface area contributed by atoms with E-state index in [-0.39, 0.29) is 34.6 Å². The highest BCUT2D eigenvalue weighted by molar-refractivity contribution is 6.00. The summed E-state index contributed by atoms with van der Waals surface area (Å²) in [4.78, 5) is 23.2. The molecule has 0 unspecified atom stereocenters. The molecule has 0 radical (unpaired) electrons. The van der Waals surface area contributed by atoms with Gasteiger partial charge in [-0.05, 0) is 47.9 Å². The predicted octanol–water partition coefficient (Wildman–Crippen LogP) is 4.54. The van der Waals surface area contributed by atoms with Crippen molar-refractivity contribution in [2.45, 2.75) is 45.4 Å². The van der Waals surface area contributed by atoms with Gasteiger partial charge in [0, 0.05) is 17.5 Å². The number of amides is 1. The number of hydrogen-bond acceptors (Lipinski definition) is 5. The third-order valence-electron chi connectivity index (χ3n) is 5.46. The zero-order valence-corrected chi connectivity index (χ0v) is 17.9. The van der Waals surface area contributed by atoms with Gasteiger partial charge in [-0.3, -0.25) is 14.9 Å². The molecule has 0 saturated heterocycles. The molecule has 0 heterocycles. The van der Waals surface area contributed by atoms with Crippen molar-refractivity contribution in [1.82, 2.24) is 5.43 Å². The number of carbonyl (C=O) groups excluding carboxylic acids is 1. The smallest absolute Gasteiger partial charge is 0.311 e. The largest absolute Gasteiger partial charge is 0.490 e. The number of hydrazone groups is 1. The van der Waals surface area contributed by atoms with Crippen LogP contribution in [0, 0.1) is 16.0 Å². The van der Waals surface area contributed by atoms with Crippen molar-refractivity contribution in [3.8, 4) is 5.75 Å². The molecule has 1 saturated carbocycles. The number of methoxy groups -OCH3 is 1. The molecular weight excluding hydrogens is 382 g/mol. The van der Waals surface area contributed by atoms with E-state index in [1.165, 1.54) is 24.8 Å². The van der Waals surface area contributed by atoms with Gasteiger partial charge < -0.3 is 4.74 Å². The summed E-state index contributed by atoms with van der Waals surface area (Å²) in [5, 5.41) is 15.3. The first-order valence-corrected chi connectivity index (χ1v) is 9.89. The summed E-state index contributed by atoms with van der Waals surface area (Å²) < 4.78 is 5.01. The molecule has 0 aliphatic heterocycles. The standard InChI is InChI=1S/C23H27N3O4/c1-14(16-8-11-21(30-5)20(12-16)26(28)29)24-25-22(27)19-13-18(19)15-6-9-17(10-7-15)23(2,3)4/h6-12,18-19H,13H2,1-5H3,(H,25,27)/b24-14+/t18-,19+/m1/s1. The van der Waals surface area contributed by atoms with Crippen LogP contribution in [-0.4, -0.2) is 23.7 Å². The van der Waals surface area contributed by atoms with Crippen LogP contribution in [0.5, 0.6) is 5.75 Å². The monoisotopic (exact) mass is 409 g/mol. The van der Waals surface area contributed by atoms with Crippen molar-refractivity contribution in [2.24, 2.45) is 11.0 Å². The van der Waals surface area contributed by atoms with Gasteiger partial charge in [0.15, 0.2) is 5.75 Å². The Morgan fingerprint density at radius 2 is 1.87 bits per heavy atom. The molecule has 1 amide bonds. The molecule has 3 rings (SSSR count). The lowest BCUT2D eigenvalue weighted by molar-refractivity contribution is -0.385. The van der Waals surface area contributed by atoms with Gasteiger partial charge in [0.2, 0.25) is 5.91 Å². The Hall–Kier alpha value is -3.22. The number of nitrogens with zero attached hydrogens (tertiary/aromatic N) is 2. The van der Waals surface area contributed by atoms with Gasteiger partial charge in [-0.1, -0.05) is 45.0 Å². The van der Waals surface area contributed by atoms with Gasteiger partial charge in [0.25, 0.3) is 0 Å². The normalized spacial score (nSPS) is 18.6. The maximum atomic E-state index is 12.5. The minimum absolute atomic E-state index is 0.0988. The first-order chi connectivity index (χ1) is 14.1. The summed E-state index contributed by atoms with van der Waals surface area (Å²) in [6.45, 7) is 8.22. The lowest BCUT2D eigenvalue weighted by atomic mass is 9.86. The molecule has 1 fully saturated rings. The van der Waals surface area contributed by atoms with Crippen LogP contribution in [0.2, 0.25) is 0 Å². The van der Waals surface area contributed by atoms with Crippen molar-refractivity contribution in [3.05, 3.63) is 69.3 Å². The Morgan fingerprint density at radius 3 is 2.43 bits per heavy atom. The highest BCUT2D eigenvalue weighted by atomic mass is 16.6. The maximum absolute atomic E-state index is 12.5. The molecule has 2 atom stereocenters. The number of nitro groups is 1. The van der Waals surface area contributed by atoms with E-state index in [2.05, 4.69) is 55.6 Å². The Bertz CT molecular complexity index is 990. The van der Waals surface area contributed by atoms with Crippen molar-refractivity contribution < 1.29 is 14.5 Å². The van der Waals surface area contributed by atoms with E-state index in [0.29, 0.717) is 11.3 Å². The number of nitrogens with one attached hydrogen (secondary N) is 1. The Morgan fingerprint density at radius 1 is 1.20 bits per heavy atom. The molecule has 7 heteroatoms. The van der Waals surface area contributed by atoms with Crippen LogP contribution in [-0.2, 0) is 10.2 Å². The van der Waals surface area contributed by atoms with Gasteiger partial charge in [0.1, 0.15) is 0 Å². The lowest BCUT2D eigenvalue weighted by Gasteiger charge is -2.19. The molecule has 2 aromatic rings. The molecule has 30 heavy (non-hydrogen) atoms. The summed E-state index contributed by atoms with van der Waals surface area (Å²) in [5.74, 6) is 0.144. The second-order valence-electron chi connectivity index (χ2n) is 8.64. The van der Waals surface area contributed by atoms with Gasteiger partial charge in [-0.15, -0.1) is 0 Å². The average Bonchev–Trinajstić information content (AvgIpc) is 3.51. The maximum Gasteiger partial charge on any atom is 0.311 e. The first kappa shape index (κ1) is 21.5. The first-order valence-electron chi connectivity index (χ1n) is 9.89. The van der Waals surface area contributed by atoms with Crippen LogP contribution in [0.1, 0.15) is 56.7 Å². The zero-order chi connectivity index (χ0) is 22.1. The van der Waals surface area contributed by atoms with E-state index < -0.39 is 4.92 Å². The van der Waals surface area contributed by atoms with E-state index >= 15 is 0 Å². The van der Waals surface area contributed by atoms with Crippen LogP contribution >= 0.6 is 0 Å². The van der Waals surface area contributed by atoms with Crippen molar-refractivity contribution in [3.63, 3.8) is 0 Å². The summed E-state index contributed by atoms with van der Waals surface area (Å²) in [7, 11) is 1.38. The molecule has 0 spiro atoms. The van der Waals surface area contributed by atoms with Crippen LogP contribution in [0.25, 0.3) is 0 Å². The Labute approximate surface area is 176 Å². The molecule has 2 aromatic carbocycles. The molecule has 1 N–H and O–H groups in total. The zero-order valence-electron chi connectivity index (χ0n) is 17.9. The molecular formula is C23H27N3O4. The number of hydrogen-bond donors (Lipinski definition) is 1. The van der Waals surface area contributed by atoms with E-state index in [1.807, 2.05) is 0 Å². The van der Waals surface area contributed by atoms with E-state index in [9.17, 15) is 14.9 Å². The number of rotatable bonds is 6. The average molecular weight is 409 g/mol. The number of nitro benzene ring substituents is 1. The van der Waals surface area contributed by atoms with Crippen LogP contribution in [0.3, 0.4) is 0 Å². The number of benzene rings is 2. The number of carbonyl (C=O) groups is 1. The second-order valence-corrected chi connectivity index (χ2v) is 8.64. The van der Waals surface area contributed by atoms with Gasteiger partial charge >= 0.3 is 5.69 Å². The minimum atomic E-state index is -0.506. The molecule has 158 valence electrons. The van der Waals surface area contributed by atoms with E-state index in [4.69, 9.17) is 4.74 Å². The second kappa shape index (κ2) is 8.26. The fraction of sp³-hybridized carbons (Fsp3) is 0.391. The third kappa shape index (κ3) is 4.67. The predicted molar refractivity (Wildman–Crippen MR) is 116 cm³/mol. The fourth-order valence-electron chi connectivity index (χ4n) is 3.43. The topological polar surface area (TPSA) is 93.8 Å². The third-order valence-corrected chi connectivity index (χ3v) is 5.46. The Kier molecular flexibility index (Phi) is 5.92. The van der Waals surface area contributed by atoms with Crippen LogP contribution in [0.4, 0.5) is 5.69 Å². The molecule has 0 bridgehead atoms. The molecule has 1 aliphatic rings.